The molecule has 142 valence electrons. The Morgan fingerprint density at radius 3 is 2.96 bits per heavy atom. The summed E-state index contributed by atoms with van der Waals surface area (Å²) in [6, 6.07) is 7.61. The summed E-state index contributed by atoms with van der Waals surface area (Å²) in [5, 5.41) is 5.02. The van der Waals surface area contributed by atoms with Gasteiger partial charge in [0.25, 0.3) is 5.91 Å². The third-order valence-electron chi connectivity index (χ3n) is 5.09. The molecule has 3 heterocycles. The van der Waals surface area contributed by atoms with E-state index in [-0.39, 0.29) is 17.7 Å². The van der Waals surface area contributed by atoms with E-state index in [1.807, 2.05) is 43.0 Å². The van der Waals surface area contributed by atoms with Gasteiger partial charge in [-0.05, 0) is 37.1 Å². The van der Waals surface area contributed by atoms with Crippen molar-refractivity contribution < 1.29 is 14.1 Å². The van der Waals surface area contributed by atoms with Crippen molar-refractivity contribution in [3.63, 3.8) is 0 Å². The summed E-state index contributed by atoms with van der Waals surface area (Å²) in [7, 11) is 1.63. The Kier molecular flexibility index (Phi) is 4.59. The number of nitrogens with zero attached hydrogens (tertiary/aromatic N) is 3. The van der Waals surface area contributed by atoms with Gasteiger partial charge in [-0.2, -0.15) is 4.98 Å². The number of fused-ring (bicyclic) bond motifs is 1. The first-order chi connectivity index (χ1) is 13.0. The van der Waals surface area contributed by atoms with Crippen LogP contribution in [0.5, 0.6) is 5.75 Å². The Bertz CT molecular complexity index is 959. The normalized spacial score (nSPS) is 17.6. The molecule has 1 N–H and O–H groups in total. The fourth-order valence-corrected chi connectivity index (χ4v) is 3.53. The zero-order valence-electron chi connectivity index (χ0n) is 15.9. The number of carbonyl (C=O) groups is 1. The molecular weight excluding hydrogens is 344 g/mol. The van der Waals surface area contributed by atoms with Crippen molar-refractivity contribution in [3.8, 4) is 5.75 Å². The molecule has 0 spiro atoms. The van der Waals surface area contributed by atoms with Crippen molar-refractivity contribution in [2.24, 2.45) is 0 Å². The quantitative estimate of drug-likeness (QED) is 0.759. The van der Waals surface area contributed by atoms with Crippen LogP contribution < -0.4 is 4.74 Å². The minimum Gasteiger partial charge on any atom is -0.497 e. The van der Waals surface area contributed by atoms with Crippen LogP contribution in [0.4, 0.5) is 0 Å². The molecule has 0 radical (unpaired) electrons. The van der Waals surface area contributed by atoms with Crippen LogP contribution >= 0.6 is 0 Å². The molecule has 1 aromatic carbocycles. The van der Waals surface area contributed by atoms with Gasteiger partial charge in [-0.1, -0.05) is 19.0 Å². The summed E-state index contributed by atoms with van der Waals surface area (Å²) < 4.78 is 10.7. The number of likely N-dealkylation sites (tertiary alicyclic amines) is 1. The number of benzene rings is 1. The summed E-state index contributed by atoms with van der Waals surface area (Å²) >= 11 is 0. The number of rotatable bonds is 4. The van der Waals surface area contributed by atoms with Gasteiger partial charge in [0.1, 0.15) is 11.4 Å². The lowest BCUT2D eigenvalue weighted by molar-refractivity contribution is 0.0690. The van der Waals surface area contributed by atoms with E-state index in [1.54, 1.807) is 7.11 Å². The van der Waals surface area contributed by atoms with E-state index < -0.39 is 0 Å². The van der Waals surface area contributed by atoms with Gasteiger partial charge in [0, 0.05) is 29.9 Å². The molecule has 7 heteroatoms. The summed E-state index contributed by atoms with van der Waals surface area (Å²) in [6.07, 6.45) is 1.87. The van der Waals surface area contributed by atoms with Crippen molar-refractivity contribution in [2.75, 3.05) is 20.2 Å². The minimum atomic E-state index is -0.00142. The smallest absolute Gasteiger partial charge is 0.270 e. The van der Waals surface area contributed by atoms with Gasteiger partial charge in [0.15, 0.2) is 5.82 Å². The van der Waals surface area contributed by atoms with Gasteiger partial charge in [-0.3, -0.25) is 4.79 Å². The molecule has 27 heavy (non-hydrogen) atoms. The van der Waals surface area contributed by atoms with E-state index in [9.17, 15) is 4.79 Å². The first kappa shape index (κ1) is 17.6. The number of piperidine rings is 1. The minimum absolute atomic E-state index is 0.00142. The van der Waals surface area contributed by atoms with Crippen LogP contribution in [0.3, 0.4) is 0 Å². The topological polar surface area (TPSA) is 84.3 Å². The lowest BCUT2D eigenvalue weighted by Gasteiger charge is -2.30. The van der Waals surface area contributed by atoms with E-state index in [0.717, 1.165) is 41.9 Å². The molecule has 4 rings (SSSR count). The third kappa shape index (κ3) is 3.41. The predicted molar refractivity (Wildman–Crippen MR) is 101 cm³/mol. The molecule has 0 saturated carbocycles. The van der Waals surface area contributed by atoms with Crippen molar-refractivity contribution >= 4 is 16.8 Å². The summed E-state index contributed by atoms with van der Waals surface area (Å²) in [4.78, 5) is 22.6. The van der Waals surface area contributed by atoms with Crippen LogP contribution in [-0.4, -0.2) is 46.1 Å². The number of ether oxygens (including phenoxy) is 1. The maximum absolute atomic E-state index is 13.0. The average Bonchev–Trinajstić information content (AvgIpc) is 3.34. The third-order valence-corrected chi connectivity index (χ3v) is 5.09. The first-order valence-electron chi connectivity index (χ1n) is 9.34. The molecule has 1 aliphatic rings. The van der Waals surface area contributed by atoms with E-state index in [2.05, 4.69) is 15.1 Å². The zero-order chi connectivity index (χ0) is 19.0. The van der Waals surface area contributed by atoms with Crippen LogP contribution in [0.25, 0.3) is 10.9 Å². The van der Waals surface area contributed by atoms with E-state index in [1.165, 1.54) is 0 Å². The Morgan fingerprint density at radius 2 is 2.22 bits per heavy atom. The van der Waals surface area contributed by atoms with Crippen LogP contribution in [-0.2, 0) is 0 Å². The van der Waals surface area contributed by atoms with Gasteiger partial charge in [-0.15, -0.1) is 0 Å². The summed E-state index contributed by atoms with van der Waals surface area (Å²) in [5.41, 5.74) is 1.51. The second kappa shape index (κ2) is 7.06. The molecule has 0 bridgehead atoms. The molecule has 1 aliphatic heterocycles. The Hall–Kier alpha value is -2.83. The Balaban J connectivity index is 1.52. The lowest BCUT2D eigenvalue weighted by atomic mass is 9.97. The van der Waals surface area contributed by atoms with E-state index >= 15 is 0 Å². The summed E-state index contributed by atoms with van der Waals surface area (Å²) in [6.45, 7) is 5.41. The second-order valence-electron chi connectivity index (χ2n) is 7.37. The maximum atomic E-state index is 13.0. The molecular formula is C20H24N4O3. The largest absolute Gasteiger partial charge is 0.497 e. The highest BCUT2D eigenvalue weighted by atomic mass is 16.5. The Labute approximate surface area is 157 Å². The fourth-order valence-electron chi connectivity index (χ4n) is 3.53. The highest BCUT2D eigenvalue weighted by molar-refractivity contribution is 5.98. The first-order valence-corrected chi connectivity index (χ1v) is 9.34. The molecule has 1 saturated heterocycles. The second-order valence-corrected chi connectivity index (χ2v) is 7.37. The molecule has 0 unspecified atom stereocenters. The van der Waals surface area contributed by atoms with Gasteiger partial charge >= 0.3 is 0 Å². The lowest BCUT2D eigenvalue weighted by Crippen LogP contribution is -2.39. The number of hydrogen-bond acceptors (Lipinski definition) is 5. The van der Waals surface area contributed by atoms with Gasteiger partial charge in [0.05, 0.1) is 13.0 Å². The number of nitrogens with one attached hydrogen (secondary N) is 1. The maximum Gasteiger partial charge on any atom is 0.270 e. The van der Waals surface area contributed by atoms with Crippen LogP contribution in [0.15, 0.2) is 28.8 Å². The summed E-state index contributed by atoms with van der Waals surface area (Å²) in [5.74, 6) is 2.45. The zero-order valence-corrected chi connectivity index (χ0v) is 15.9. The molecule has 1 atom stereocenters. The van der Waals surface area contributed by atoms with Crippen molar-refractivity contribution in [3.05, 3.63) is 41.7 Å². The van der Waals surface area contributed by atoms with Crippen LogP contribution in [0, 0.1) is 0 Å². The highest BCUT2D eigenvalue weighted by Gasteiger charge is 2.30. The SMILES string of the molecule is COc1ccc2[nH]c(C(=O)N3CCC[C@H](c4nc(C(C)C)no4)C3)cc2c1. The van der Waals surface area contributed by atoms with Crippen molar-refractivity contribution in [2.45, 2.75) is 38.5 Å². The number of methoxy groups -OCH3 is 1. The van der Waals surface area contributed by atoms with E-state index in [4.69, 9.17) is 9.26 Å². The Morgan fingerprint density at radius 1 is 1.37 bits per heavy atom. The monoisotopic (exact) mass is 368 g/mol. The van der Waals surface area contributed by atoms with Gasteiger partial charge < -0.3 is 19.1 Å². The fraction of sp³-hybridized carbons (Fsp3) is 0.450. The number of H-pyrrole nitrogens is 1. The molecule has 2 aromatic heterocycles. The average molecular weight is 368 g/mol. The van der Waals surface area contributed by atoms with E-state index in [0.29, 0.717) is 18.1 Å². The molecule has 0 aliphatic carbocycles. The number of hydrogen-bond donors (Lipinski definition) is 1. The number of aromatic amines is 1. The number of carbonyl (C=O) groups excluding carboxylic acids is 1. The standard InChI is InChI=1S/C20H24N4O3/c1-12(2)18-22-19(27-23-18)13-5-4-8-24(11-13)20(25)17-10-14-9-15(26-3)6-7-16(14)21-17/h6-7,9-10,12-13,21H,4-5,8,11H2,1-3H3/t13-/m0/s1. The molecule has 1 amide bonds. The van der Waals surface area contributed by atoms with Crippen molar-refractivity contribution in [1.82, 2.24) is 20.0 Å². The van der Waals surface area contributed by atoms with Crippen molar-refractivity contribution in [1.29, 1.82) is 0 Å². The predicted octanol–water partition coefficient (Wildman–Crippen LogP) is 3.70. The number of aromatic nitrogens is 3. The van der Waals surface area contributed by atoms with Crippen LogP contribution in [0.1, 0.15) is 60.7 Å². The highest BCUT2D eigenvalue weighted by Crippen LogP contribution is 2.28. The van der Waals surface area contributed by atoms with Crippen LogP contribution in [0.2, 0.25) is 0 Å². The molecule has 3 aromatic rings. The molecule has 7 nitrogen and oxygen atoms in total. The number of amides is 1. The van der Waals surface area contributed by atoms with Gasteiger partial charge in [0.2, 0.25) is 5.89 Å². The molecule has 1 fully saturated rings. The van der Waals surface area contributed by atoms with Gasteiger partial charge in [-0.25, -0.2) is 0 Å².